The van der Waals surface area contributed by atoms with Crippen LogP contribution in [0.1, 0.15) is 39.5 Å². The van der Waals surface area contributed by atoms with Crippen LogP contribution in [0, 0.1) is 13.3 Å². The van der Waals surface area contributed by atoms with Crippen molar-refractivity contribution in [3.05, 3.63) is 38.1 Å². The third-order valence-corrected chi connectivity index (χ3v) is 3.02. The van der Waals surface area contributed by atoms with Crippen molar-refractivity contribution < 1.29 is 10.8 Å². The first kappa shape index (κ1) is 23.8. The molecule has 136 valence electrons. The van der Waals surface area contributed by atoms with Gasteiger partial charge in [0.25, 0.3) is 0 Å². The topological polar surface area (TPSA) is 13.0 Å². The molecule has 2 aliphatic rings. The summed E-state index contributed by atoms with van der Waals surface area (Å²) in [5.74, 6) is 0. The van der Waals surface area contributed by atoms with Crippen LogP contribution in [0.4, 0.5) is 0 Å². The molecule has 0 unspecified atom stereocenters. The zero-order chi connectivity index (χ0) is 17.5. The van der Waals surface area contributed by atoms with Crippen molar-refractivity contribution in [2.45, 2.75) is 39.5 Å². The van der Waals surface area contributed by atoms with Crippen LogP contribution in [-0.4, -0.2) is 46.8 Å². The van der Waals surface area contributed by atoms with Crippen LogP contribution in [0.3, 0.4) is 0 Å². The first-order valence-corrected chi connectivity index (χ1v) is 17.0. The molecule has 4 radical (unpaired) electrons. The molecule has 7 heteroatoms. The molecule has 0 N–H and O–H groups in total. The molecular formula is C16H28I2N4Pd. The van der Waals surface area contributed by atoms with E-state index in [0.717, 1.165) is 23.8 Å². The van der Waals surface area contributed by atoms with Crippen molar-refractivity contribution in [2.75, 3.05) is 27.2 Å². The van der Waals surface area contributed by atoms with Gasteiger partial charge in [0.15, 0.2) is 0 Å². The maximum atomic E-state index is 3.14. The molecule has 0 fully saturated rings. The Kier molecular flexibility index (Phi) is 16.8. The van der Waals surface area contributed by atoms with Gasteiger partial charge in [-0.05, 0) is 12.8 Å². The second kappa shape index (κ2) is 16.3. The van der Waals surface area contributed by atoms with Gasteiger partial charge in [0.05, 0.1) is 0 Å². The van der Waals surface area contributed by atoms with Gasteiger partial charge in [-0.2, -0.15) is 0 Å². The third-order valence-electron chi connectivity index (χ3n) is 3.02. The summed E-state index contributed by atoms with van der Waals surface area (Å²) >= 11 is 4.65. The van der Waals surface area contributed by atoms with E-state index in [0.29, 0.717) is 0 Å². The Morgan fingerprint density at radius 2 is 1.13 bits per heavy atom. The molecule has 0 aromatic rings. The average Bonchev–Trinajstić information content (AvgIpc) is 3.13. The van der Waals surface area contributed by atoms with E-state index >= 15 is 0 Å². The van der Waals surface area contributed by atoms with Crippen LogP contribution in [0.2, 0.25) is 0 Å². The average molecular weight is 637 g/mol. The van der Waals surface area contributed by atoms with Crippen molar-refractivity contribution in [3.63, 3.8) is 0 Å². The number of halogens is 2. The van der Waals surface area contributed by atoms with Gasteiger partial charge in [-0.25, -0.2) is 0 Å². The Hall–Kier alpha value is 0.802. The van der Waals surface area contributed by atoms with E-state index in [1.165, 1.54) is 25.7 Å². The summed E-state index contributed by atoms with van der Waals surface area (Å²) < 4.78 is 0. The molecular weight excluding hydrogens is 608 g/mol. The van der Waals surface area contributed by atoms with Crippen molar-refractivity contribution >= 4 is 39.0 Å². The van der Waals surface area contributed by atoms with Crippen molar-refractivity contribution in [1.29, 1.82) is 0 Å². The molecule has 4 nitrogen and oxygen atoms in total. The van der Waals surface area contributed by atoms with E-state index in [2.05, 4.69) is 88.4 Å². The number of unbranched alkanes of at least 4 members (excludes halogenated alkanes) is 2. The van der Waals surface area contributed by atoms with Crippen LogP contribution in [0.5, 0.6) is 0 Å². The van der Waals surface area contributed by atoms with Gasteiger partial charge in [-0.3, -0.25) is 0 Å². The predicted octanol–water partition coefficient (Wildman–Crippen LogP) is 4.77. The molecule has 0 saturated heterocycles. The molecule has 0 atom stereocenters. The van der Waals surface area contributed by atoms with Crippen LogP contribution < -0.4 is 0 Å². The predicted molar refractivity (Wildman–Crippen MR) is 112 cm³/mol. The quantitative estimate of drug-likeness (QED) is 0.308. The van der Waals surface area contributed by atoms with Crippen LogP contribution in [-0.2, 0) is 10.8 Å². The summed E-state index contributed by atoms with van der Waals surface area (Å²) in [5.41, 5.74) is 0. The second-order valence-corrected chi connectivity index (χ2v) is 17.1. The van der Waals surface area contributed by atoms with E-state index in [1.54, 1.807) is 0 Å². The Morgan fingerprint density at radius 1 is 0.783 bits per heavy atom. The molecule has 0 saturated carbocycles. The molecule has 0 spiro atoms. The molecule has 2 rings (SSSR count). The fourth-order valence-electron chi connectivity index (χ4n) is 1.81. The fourth-order valence-corrected chi connectivity index (χ4v) is 1.81. The summed E-state index contributed by atoms with van der Waals surface area (Å²) in [6, 6.07) is 0. The zero-order valence-corrected chi connectivity index (χ0v) is 20.3. The zero-order valence-electron chi connectivity index (χ0n) is 14.4. The van der Waals surface area contributed by atoms with E-state index in [-0.39, 0.29) is 0 Å². The number of hydrogen-bond acceptors (Lipinski definition) is 4. The van der Waals surface area contributed by atoms with E-state index in [1.807, 2.05) is 36.3 Å². The van der Waals surface area contributed by atoms with Gasteiger partial charge in [-0.15, -0.1) is 0 Å². The molecule has 0 amide bonds. The number of nitrogens with zero attached hydrogens (tertiary/aromatic N) is 4. The first-order valence-electron chi connectivity index (χ1n) is 7.77. The molecule has 0 aromatic heterocycles. The van der Waals surface area contributed by atoms with Gasteiger partial charge >= 0.3 is 49.8 Å². The Labute approximate surface area is 172 Å². The monoisotopic (exact) mass is 636 g/mol. The summed E-state index contributed by atoms with van der Waals surface area (Å²) in [7, 11) is 4.87. The number of rotatable bonds is 6. The minimum atomic E-state index is 0.890. The molecule has 2 aliphatic heterocycles. The van der Waals surface area contributed by atoms with Gasteiger partial charge in [0, 0.05) is 52.0 Å². The van der Waals surface area contributed by atoms with Gasteiger partial charge in [-0.1, -0.05) is 26.7 Å². The maximum absolute atomic E-state index is 3.14. The molecule has 0 bridgehead atoms. The SMILES string of the molecule is CCCCN1[C]N(C)C=C1.CCCCN1[C]N(C)C=C1.[I][Pd][I]. The third kappa shape index (κ3) is 13.7. The number of hydrogen-bond donors (Lipinski definition) is 0. The van der Waals surface area contributed by atoms with Crippen LogP contribution >= 0.6 is 39.0 Å². The van der Waals surface area contributed by atoms with Gasteiger partial charge in [0.2, 0.25) is 13.3 Å². The summed E-state index contributed by atoms with van der Waals surface area (Å²) in [4.78, 5) is 8.05. The van der Waals surface area contributed by atoms with Crippen molar-refractivity contribution in [2.24, 2.45) is 0 Å². The Balaban J connectivity index is 0.000000360. The van der Waals surface area contributed by atoms with Crippen LogP contribution in [0.25, 0.3) is 0 Å². The summed E-state index contributed by atoms with van der Waals surface area (Å²) in [5, 5.41) is 0. The van der Waals surface area contributed by atoms with Gasteiger partial charge < -0.3 is 19.6 Å². The van der Waals surface area contributed by atoms with Crippen molar-refractivity contribution in [1.82, 2.24) is 19.6 Å². The van der Waals surface area contributed by atoms with Crippen LogP contribution in [0.15, 0.2) is 24.8 Å². The molecule has 2 heterocycles. The van der Waals surface area contributed by atoms with Gasteiger partial charge in [0.1, 0.15) is 0 Å². The van der Waals surface area contributed by atoms with E-state index in [4.69, 9.17) is 0 Å². The van der Waals surface area contributed by atoms with E-state index < -0.39 is 0 Å². The minimum absolute atomic E-state index is 0.890. The first-order chi connectivity index (χ1) is 11.1. The van der Waals surface area contributed by atoms with Crippen molar-refractivity contribution in [3.8, 4) is 0 Å². The molecule has 0 aliphatic carbocycles. The Bertz CT molecular complexity index is 299. The summed E-state index contributed by atoms with van der Waals surface area (Å²) in [6.45, 7) is 12.9. The van der Waals surface area contributed by atoms with E-state index in [9.17, 15) is 0 Å². The molecule has 0 aromatic carbocycles. The standard InChI is InChI=1S/2C8H14N2.2HI.Pd/c2*1-3-4-5-10-7-6-9(2)8-10;;;/h2*6-7H,3-5H2,1-2H3;2*1H;/q;;;;+2/p-2. The fraction of sp³-hybridized carbons (Fsp3) is 0.625. The second-order valence-electron chi connectivity index (χ2n) is 5.16. The normalized spacial score (nSPS) is 15.7. The molecule has 23 heavy (non-hydrogen) atoms. The Morgan fingerprint density at radius 3 is 1.35 bits per heavy atom. The summed E-state index contributed by atoms with van der Waals surface area (Å²) in [6.07, 6.45) is 13.1.